The molecule has 3 aromatic rings. The van der Waals surface area contributed by atoms with Gasteiger partial charge in [-0.25, -0.2) is 8.42 Å². The second kappa shape index (κ2) is 9.29. The number of aromatic nitrogens is 1. The minimum absolute atomic E-state index is 0.122. The van der Waals surface area contributed by atoms with Crippen LogP contribution in [0.1, 0.15) is 37.3 Å². The summed E-state index contributed by atoms with van der Waals surface area (Å²) in [6.07, 6.45) is 3.92. The van der Waals surface area contributed by atoms with Gasteiger partial charge in [-0.2, -0.15) is 4.31 Å². The predicted octanol–water partition coefficient (Wildman–Crippen LogP) is 3.77. The van der Waals surface area contributed by atoms with Gasteiger partial charge in [-0.15, -0.1) is 0 Å². The number of H-pyrrole nitrogens is 1. The second-order valence-electron chi connectivity index (χ2n) is 9.07. The predicted molar refractivity (Wildman–Crippen MR) is 130 cm³/mol. The lowest BCUT2D eigenvalue weighted by Gasteiger charge is -2.31. The van der Waals surface area contributed by atoms with Gasteiger partial charge in [0.1, 0.15) is 0 Å². The first-order valence-electron chi connectivity index (χ1n) is 11.7. The Bertz CT molecular complexity index is 1210. The maximum Gasteiger partial charge on any atom is 0.243 e. The molecule has 33 heavy (non-hydrogen) atoms. The van der Waals surface area contributed by atoms with E-state index in [0.717, 1.165) is 44.3 Å². The number of fused-ring (bicyclic) bond motifs is 1. The van der Waals surface area contributed by atoms with Gasteiger partial charge in [-0.3, -0.25) is 9.69 Å². The van der Waals surface area contributed by atoms with Crippen LogP contribution in [0.3, 0.4) is 0 Å². The molecule has 0 radical (unpaired) electrons. The highest BCUT2D eigenvalue weighted by Gasteiger charge is 2.28. The molecule has 5 rings (SSSR count). The van der Waals surface area contributed by atoms with E-state index in [0.29, 0.717) is 31.2 Å². The Morgan fingerprint density at radius 3 is 2.64 bits per heavy atom. The van der Waals surface area contributed by atoms with E-state index in [4.69, 9.17) is 0 Å². The van der Waals surface area contributed by atoms with Crippen molar-refractivity contribution in [1.29, 1.82) is 0 Å². The van der Waals surface area contributed by atoms with Gasteiger partial charge >= 0.3 is 0 Å². The number of benzene rings is 2. The minimum atomic E-state index is -3.51. The normalized spacial score (nSPS) is 20.3. The van der Waals surface area contributed by atoms with E-state index in [1.54, 1.807) is 24.3 Å². The van der Waals surface area contributed by atoms with E-state index in [1.165, 1.54) is 15.4 Å². The van der Waals surface area contributed by atoms with E-state index >= 15 is 0 Å². The number of hydrogen-bond donors (Lipinski definition) is 2. The summed E-state index contributed by atoms with van der Waals surface area (Å²) in [7, 11) is -3.51. The van der Waals surface area contributed by atoms with Gasteiger partial charge < -0.3 is 10.3 Å². The molecule has 0 aliphatic carbocycles. The Morgan fingerprint density at radius 2 is 1.82 bits per heavy atom. The molecule has 2 aromatic carbocycles. The molecule has 2 fully saturated rings. The number of nitrogens with zero attached hydrogens (tertiary/aromatic N) is 2. The fraction of sp³-hybridized carbons (Fsp3) is 0.400. The molecule has 1 aromatic heterocycles. The number of para-hydroxylation sites is 1. The maximum absolute atomic E-state index is 12.8. The highest BCUT2D eigenvalue weighted by Crippen LogP contribution is 2.29. The van der Waals surface area contributed by atoms with E-state index < -0.39 is 10.0 Å². The third kappa shape index (κ3) is 4.83. The molecule has 2 aliphatic rings. The number of aromatic amines is 1. The van der Waals surface area contributed by atoms with Crippen LogP contribution >= 0.6 is 0 Å². The van der Waals surface area contributed by atoms with Crippen LogP contribution in [0.15, 0.2) is 59.5 Å². The smallest absolute Gasteiger partial charge is 0.243 e. The van der Waals surface area contributed by atoms with Crippen LogP contribution in [0.25, 0.3) is 10.9 Å². The summed E-state index contributed by atoms with van der Waals surface area (Å²) in [6.45, 7) is 3.12. The minimum Gasteiger partial charge on any atom is -0.358 e. The van der Waals surface area contributed by atoms with Crippen LogP contribution in [-0.2, 0) is 14.8 Å². The lowest BCUT2D eigenvalue weighted by Crippen LogP contribution is -2.39. The fourth-order valence-corrected chi connectivity index (χ4v) is 6.55. The number of anilines is 1. The first-order valence-corrected chi connectivity index (χ1v) is 13.1. The Labute approximate surface area is 194 Å². The third-order valence-electron chi connectivity index (χ3n) is 6.68. The largest absolute Gasteiger partial charge is 0.358 e. The summed E-state index contributed by atoms with van der Waals surface area (Å²) in [6, 6.07) is 17.1. The number of nitrogens with one attached hydrogen (secondary N) is 2. The molecule has 8 heteroatoms. The van der Waals surface area contributed by atoms with Gasteiger partial charge in [0.05, 0.1) is 11.4 Å². The maximum atomic E-state index is 12.8. The van der Waals surface area contributed by atoms with Crippen LogP contribution in [-0.4, -0.2) is 61.2 Å². The number of piperidine rings is 1. The monoisotopic (exact) mass is 466 g/mol. The summed E-state index contributed by atoms with van der Waals surface area (Å²) in [4.78, 5) is 18.7. The van der Waals surface area contributed by atoms with Crippen molar-refractivity contribution in [3.63, 3.8) is 0 Å². The van der Waals surface area contributed by atoms with E-state index in [1.807, 2.05) is 12.1 Å². The average molecular weight is 467 g/mol. The summed E-state index contributed by atoms with van der Waals surface area (Å²) >= 11 is 0. The lowest BCUT2D eigenvalue weighted by molar-refractivity contribution is -0.117. The number of rotatable bonds is 6. The zero-order valence-corrected chi connectivity index (χ0v) is 19.5. The van der Waals surface area contributed by atoms with Gasteiger partial charge in [0, 0.05) is 42.5 Å². The van der Waals surface area contributed by atoms with Crippen molar-refractivity contribution in [3.8, 4) is 0 Å². The van der Waals surface area contributed by atoms with Crippen LogP contribution < -0.4 is 5.32 Å². The number of carbonyl (C=O) groups is 1. The lowest BCUT2D eigenvalue weighted by atomic mass is 9.95. The van der Waals surface area contributed by atoms with Crippen molar-refractivity contribution in [2.45, 2.75) is 36.5 Å². The number of hydrogen-bond acceptors (Lipinski definition) is 4. The zero-order valence-electron chi connectivity index (χ0n) is 18.7. The molecule has 7 nitrogen and oxygen atoms in total. The first-order chi connectivity index (χ1) is 16.0. The molecule has 2 N–H and O–H groups in total. The van der Waals surface area contributed by atoms with Gasteiger partial charge in [0.2, 0.25) is 15.9 Å². The fourth-order valence-electron chi connectivity index (χ4n) is 4.98. The van der Waals surface area contributed by atoms with Crippen LogP contribution in [0.2, 0.25) is 0 Å². The molecule has 1 amide bonds. The van der Waals surface area contributed by atoms with Crippen molar-refractivity contribution < 1.29 is 13.2 Å². The number of carbonyl (C=O) groups excluding carboxylic acids is 1. The third-order valence-corrected chi connectivity index (χ3v) is 8.58. The zero-order chi connectivity index (χ0) is 22.8. The van der Waals surface area contributed by atoms with Crippen molar-refractivity contribution in [2.75, 3.05) is 38.0 Å². The molecule has 1 unspecified atom stereocenters. The summed E-state index contributed by atoms with van der Waals surface area (Å²) in [5.74, 6) is 0.246. The van der Waals surface area contributed by atoms with E-state index in [-0.39, 0.29) is 10.8 Å². The molecular weight excluding hydrogens is 436 g/mol. The molecule has 0 spiro atoms. The molecule has 1 atom stereocenters. The standard InChI is InChI=1S/C25H30N4O3S/c30-25(26-21-9-5-10-22(16-21)33(31,32)29-13-3-4-14-29)18-28-12-6-8-20(17-28)24-15-19-7-1-2-11-23(19)27-24/h1-2,5,7,9-11,15-16,20,27H,3-4,6,8,12-14,17-18H2,(H,26,30). The van der Waals surface area contributed by atoms with Crippen LogP contribution in [0.5, 0.6) is 0 Å². The van der Waals surface area contributed by atoms with Crippen LogP contribution in [0.4, 0.5) is 5.69 Å². The molecule has 0 saturated carbocycles. The summed E-state index contributed by atoms with van der Waals surface area (Å²) in [5.41, 5.74) is 2.89. The highest BCUT2D eigenvalue weighted by molar-refractivity contribution is 7.89. The molecule has 174 valence electrons. The topological polar surface area (TPSA) is 85.5 Å². The summed E-state index contributed by atoms with van der Waals surface area (Å²) < 4.78 is 27.2. The first kappa shape index (κ1) is 22.1. The molecule has 0 bridgehead atoms. The van der Waals surface area contributed by atoms with E-state index in [2.05, 4.69) is 33.4 Å². The average Bonchev–Trinajstić information content (AvgIpc) is 3.50. The van der Waals surface area contributed by atoms with E-state index in [9.17, 15) is 13.2 Å². The quantitative estimate of drug-likeness (QED) is 0.579. The molecule has 2 aliphatic heterocycles. The second-order valence-corrected chi connectivity index (χ2v) is 11.0. The number of likely N-dealkylation sites (tertiary alicyclic amines) is 1. The van der Waals surface area contributed by atoms with Crippen LogP contribution in [0, 0.1) is 0 Å². The summed E-state index contributed by atoms with van der Waals surface area (Å²) in [5, 5.41) is 4.11. The number of sulfonamides is 1. The Morgan fingerprint density at radius 1 is 1.00 bits per heavy atom. The van der Waals surface area contributed by atoms with Crippen molar-refractivity contribution in [3.05, 3.63) is 60.3 Å². The van der Waals surface area contributed by atoms with Crippen molar-refractivity contribution in [2.24, 2.45) is 0 Å². The van der Waals surface area contributed by atoms with Gasteiger partial charge in [0.25, 0.3) is 0 Å². The van der Waals surface area contributed by atoms with Crippen molar-refractivity contribution >= 4 is 32.5 Å². The molecule has 2 saturated heterocycles. The Hall–Kier alpha value is -2.68. The number of amides is 1. The Balaban J connectivity index is 1.22. The molecular formula is C25H30N4O3S. The Kier molecular flexibility index (Phi) is 6.23. The van der Waals surface area contributed by atoms with Gasteiger partial charge in [-0.05, 0) is 67.9 Å². The van der Waals surface area contributed by atoms with Gasteiger partial charge in [0.15, 0.2) is 0 Å². The highest BCUT2D eigenvalue weighted by atomic mass is 32.2. The van der Waals surface area contributed by atoms with Crippen molar-refractivity contribution in [1.82, 2.24) is 14.2 Å². The molecule has 3 heterocycles. The SMILES string of the molecule is O=C(CN1CCCC(c2cc3ccccc3[nH]2)C1)Nc1cccc(S(=O)(=O)N2CCCC2)c1. The van der Waals surface area contributed by atoms with Gasteiger partial charge in [-0.1, -0.05) is 24.3 Å².